The Balaban J connectivity index is 0.000000325. The van der Waals surface area contributed by atoms with Gasteiger partial charge in [0.25, 0.3) is 0 Å². The second-order valence-electron chi connectivity index (χ2n) is 3.70. The average molecular weight is 253 g/mol. The number of hydrogen-bond donors (Lipinski definition) is 1. The van der Waals surface area contributed by atoms with E-state index in [0.717, 1.165) is 6.54 Å². The van der Waals surface area contributed by atoms with Crippen molar-refractivity contribution in [1.82, 2.24) is 10.0 Å². The number of carbonyl (C=O) groups excluding carboxylic acids is 1. The molecule has 0 aromatic heterocycles. The summed E-state index contributed by atoms with van der Waals surface area (Å²) in [5.74, 6) is -2.26. The fourth-order valence-corrected chi connectivity index (χ4v) is 1.48. The number of halogens is 3. The molecule has 1 rings (SSSR count). The van der Waals surface area contributed by atoms with Crippen molar-refractivity contribution in [2.24, 2.45) is 5.73 Å². The molecule has 0 aromatic rings. The molecule has 0 aromatic carbocycles. The van der Waals surface area contributed by atoms with Gasteiger partial charge in [0.05, 0.1) is 0 Å². The van der Waals surface area contributed by atoms with E-state index in [2.05, 4.69) is 49.6 Å². The molecule has 0 saturated carbocycles. The van der Waals surface area contributed by atoms with Crippen molar-refractivity contribution in [3.8, 4) is 0 Å². The zero-order valence-electron chi connectivity index (χ0n) is 10.4. The quantitative estimate of drug-likeness (QED) is 0.770. The molecule has 1 aliphatic rings. The van der Waals surface area contributed by atoms with E-state index in [0.29, 0.717) is 6.04 Å². The number of nitrogens with two attached hydrogens (primary N) is 1. The number of hydrazine groups is 1. The lowest BCUT2D eigenvalue weighted by molar-refractivity contribution is -0.169. The predicted octanol–water partition coefficient (Wildman–Crippen LogP) is 1.49. The second-order valence-corrected chi connectivity index (χ2v) is 3.70. The van der Waals surface area contributed by atoms with Crippen molar-refractivity contribution in [2.75, 3.05) is 13.6 Å². The van der Waals surface area contributed by atoms with Gasteiger partial charge in [-0.1, -0.05) is 0 Å². The molecule has 100 valence electrons. The molecule has 1 amide bonds. The first-order valence-corrected chi connectivity index (χ1v) is 5.16. The fourth-order valence-electron chi connectivity index (χ4n) is 1.48. The van der Waals surface area contributed by atoms with Crippen LogP contribution in [0.2, 0.25) is 0 Å². The number of hydrogen-bond acceptors (Lipinski definition) is 3. The van der Waals surface area contributed by atoms with Crippen LogP contribution in [0.5, 0.6) is 0 Å². The third kappa shape index (κ3) is 4.64. The Labute approximate surface area is 98.8 Å². The lowest BCUT2D eigenvalue weighted by Crippen LogP contribution is -2.37. The minimum atomic E-state index is -4.86. The third-order valence-corrected chi connectivity index (χ3v) is 2.44. The largest absolute Gasteiger partial charge is 0.470 e. The average Bonchev–Trinajstić information content (AvgIpc) is 2.40. The summed E-state index contributed by atoms with van der Waals surface area (Å²) in [4.78, 5) is 9.12. The zero-order chi connectivity index (χ0) is 13.8. The van der Waals surface area contributed by atoms with Crippen LogP contribution in [0, 0.1) is 0 Å². The Kier molecular flexibility index (Phi) is 5.47. The lowest BCUT2D eigenvalue weighted by Gasteiger charge is -2.29. The van der Waals surface area contributed by atoms with Gasteiger partial charge in [-0.25, -0.2) is 5.01 Å². The summed E-state index contributed by atoms with van der Waals surface area (Å²) >= 11 is 0. The molecule has 1 atom stereocenters. The van der Waals surface area contributed by atoms with Gasteiger partial charge in [0.15, 0.2) is 0 Å². The molecule has 2 N–H and O–H groups in total. The smallest absolute Gasteiger partial charge is 0.362 e. The molecule has 4 nitrogen and oxygen atoms in total. The third-order valence-electron chi connectivity index (χ3n) is 2.44. The first-order valence-electron chi connectivity index (χ1n) is 5.16. The van der Waals surface area contributed by atoms with Crippen LogP contribution < -0.4 is 5.73 Å². The van der Waals surface area contributed by atoms with Gasteiger partial charge in [0.1, 0.15) is 0 Å². The van der Waals surface area contributed by atoms with Crippen molar-refractivity contribution in [3.63, 3.8) is 0 Å². The van der Waals surface area contributed by atoms with E-state index in [1.54, 1.807) is 0 Å². The number of rotatable bonds is 1. The van der Waals surface area contributed by atoms with E-state index in [9.17, 15) is 13.2 Å². The maximum Gasteiger partial charge on any atom is 0.470 e. The lowest BCUT2D eigenvalue weighted by atomic mass is 10.3. The SMILES string of the molecule is CCN1C(C)=CC(C)N1C.NC(=O)C(F)(F)F. The van der Waals surface area contributed by atoms with Crippen molar-refractivity contribution < 1.29 is 18.0 Å². The molecule has 0 bridgehead atoms. The van der Waals surface area contributed by atoms with E-state index in [1.165, 1.54) is 5.70 Å². The van der Waals surface area contributed by atoms with Crippen molar-refractivity contribution >= 4 is 5.91 Å². The highest BCUT2D eigenvalue weighted by Gasteiger charge is 2.35. The van der Waals surface area contributed by atoms with Crippen molar-refractivity contribution in [1.29, 1.82) is 0 Å². The monoisotopic (exact) mass is 253 g/mol. The highest BCUT2D eigenvalue weighted by atomic mass is 19.4. The Morgan fingerprint density at radius 2 is 1.94 bits per heavy atom. The van der Waals surface area contributed by atoms with Crippen LogP contribution in [-0.4, -0.2) is 41.7 Å². The summed E-state index contributed by atoms with van der Waals surface area (Å²) in [5.41, 5.74) is 5.18. The Morgan fingerprint density at radius 1 is 1.53 bits per heavy atom. The molecular weight excluding hydrogens is 235 g/mol. The normalized spacial score (nSPS) is 20.8. The summed E-state index contributed by atoms with van der Waals surface area (Å²) in [6, 6.07) is 0.569. The summed E-state index contributed by atoms with van der Waals surface area (Å²) in [6.45, 7) is 7.61. The minimum absolute atomic E-state index is 0.569. The maximum atomic E-state index is 10.7. The molecule has 7 heteroatoms. The van der Waals surface area contributed by atoms with Gasteiger partial charge in [0.2, 0.25) is 0 Å². The van der Waals surface area contributed by atoms with Gasteiger partial charge < -0.3 is 10.7 Å². The molecule has 0 aliphatic carbocycles. The molecule has 1 unspecified atom stereocenters. The number of primary amides is 1. The van der Waals surface area contributed by atoms with Crippen LogP contribution >= 0.6 is 0 Å². The van der Waals surface area contributed by atoms with Crippen LogP contribution in [0.3, 0.4) is 0 Å². The number of allylic oxidation sites excluding steroid dienone is 1. The molecule has 1 heterocycles. The van der Waals surface area contributed by atoms with Crippen LogP contribution in [0.1, 0.15) is 20.8 Å². The van der Waals surface area contributed by atoms with Crippen molar-refractivity contribution in [3.05, 3.63) is 11.8 Å². The number of carbonyl (C=O) groups is 1. The summed E-state index contributed by atoms with van der Waals surface area (Å²) in [7, 11) is 2.13. The summed E-state index contributed by atoms with van der Waals surface area (Å²) in [5, 5.41) is 4.54. The molecule has 0 fully saturated rings. The van der Waals surface area contributed by atoms with E-state index in [-0.39, 0.29) is 0 Å². The van der Waals surface area contributed by atoms with E-state index >= 15 is 0 Å². The molecule has 0 spiro atoms. The Bertz CT molecular complexity index is 302. The van der Waals surface area contributed by atoms with Crippen LogP contribution in [-0.2, 0) is 4.79 Å². The molecule has 17 heavy (non-hydrogen) atoms. The number of likely N-dealkylation sites (N-methyl/N-ethyl adjacent to an activating group) is 1. The van der Waals surface area contributed by atoms with Crippen LogP contribution in [0.25, 0.3) is 0 Å². The molecule has 0 radical (unpaired) electrons. The Hall–Kier alpha value is -1.24. The van der Waals surface area contributed by atoms with E-state index in [4.69, 9.17) is 4.79 Å². The highest BCUT2D eigenvalue weighted by Crippen LogP contribution is 2.18. The fraction of sp³-hybridized carbons (Fsp3) is 0.700. The second kappa shape index (κ2) is 5.90. The maximum absolute atomic E-state index is 10.7. The van der Waals surface area contributed by atoms with Crippen LogP contribution in [0.4, 0.5) is 13.2 Å². The zero-order valence-corrected chi connectivity index (χ0v) is 10.4. The van der Waals surface area contributed by atoms with Gasteiger partial charge >= 0.3 is 12.1 Å². The predicted molar refractivity (Wildman–Crippen MR) is 58.6 cm³/mol. The standard InChI is InChI=1S/C8H16N2.C2H2F3NO/c1-5-10-8(3)6-7(2)9(10)4;3-2(4,5)1(6)7/h6-7H,5H2,1-4H3;(H2,6,7). The molecular formula is C10H18F3N3O. The molecule has 0 saturated heterocycles. The van der Waals surface area contributed by atoms with Gasteiger partial charge in [-0.05, 0) is 26.8 Å². The Morgan fingerprint density at radius 3 is 2.06 bits per heavy atom. The summed E-state index contributed by atoms with van der Waals surface area (Å²) in [6.07, 6.45) is -2.58. The van der Waals surface area contributed by atoms with Gasteiger partial charge in [-0.15, -0.1) is 0 Å². The van der Waals surface area contributed by atoms with Gasteiger partial charge in [-0.3, -0.25) is 4.79 Å². The van der Waals surface area contributed by atoms with Gasteiger partial charge in [-0.2, -0.15) is 13.2 Å². The topological polar surface area (TPSA) is 49.6 Å². The summed E-state index contributed by atoms with van der Waals surface area (Å²) < 4.78 is 32.1. The number of amides is 1. The minimum Gasteiger partial charge on any atom is -0.362 e. The van der Waals surface area contributed by atoms with E-state index in [1.807, 2.05) is 0 Å². The number of nitrogens with zero attached hydrogens (tertiary/aromatic N) is 2. The van der Waals surface area contributed by atoms with E-state index < -0.39 is 12.1 Å². The highest BCUT2D eigenvalue weighted by molar-refractivity contribution is 5.79. The van der Waals surface area contributed by atoms with Gasteiger partial charge in [0, 0.05) is 25.3 Å². The molecule has 1 aliphatic heterocycles. The first kappa shape index (κ1) is 15.8. The first-order chi connectivity index (χ1) is 7.61. The van der Waals surface area contributed by atoms with Crippen molar-refractivity contribution in [2.45, 2.75) is 33.0 Å². The number of alkyl halides is 3. The van der Waals surface area contributed by atoms with Crippen LogP contribution in [0.15, 0.2) is 11.8 Å².